The van der Waals surface area contributed by atoms with Crippen LogP contribution < -0.4 is 11.2 Å². The first-order valence-electron chi connectivity index (χ1n) is 4.22. The van der Waals surface area contributed by atoms with Crippen molar-refractivity contribution < 1.29 is 0 Å². The van der Waals surface area contributed by atoms with Gasteiger partial charge in [0.05, 0.1) is 12.9 Å². The first-order chi connectivity index (χ1) is 7.15. The molecule has 0 saturated carbocycles. The van der Waals surface area contributed by atoms with Crippen LogP contribution in [0.1, 0.15) is 0 Å². The molecule has 0 aliphatic carbocycles. The third kappa shape index (κ3) is 1.25. The van der Waals surface area contributed by atoms with Crippen molar-refractivity contribution >= 4 is 11.2 Å². The Morgan fingerprint density at radius 1 is 1.60 bits per heavy atom. The van der Waals surface area contributed by atoms with E-state index < -0.39 is 11.2 Å². The van der Waals surface area contributed by atoms with E-state index in [1.54, 1.807) is 11.6 Å². The zero-order chi connectivity index (χ0) is 11.0. The molecule has 2 rings (SSSR count). The molecule has 0 spiro atoms. The van der Waals surface area contributed by atoms with E-state index >= 15 is 0 Å². The van der Waals surface area contributed by atoms with Gasteiger partial charge in [0.15, 0.2) is 11.2 Å². The van der Waals surface area contributed by atoms with E-state index in [0.717, 1.165) is 4.57 Å². The van der Waals surface area contributed by atoms with Crippen LogP contribution in [0, 0.1) is 12.3 Å². The smallest absolute Gasteiger partial charge is 0.328 e. The summed E-state index contributed by atoms with van der Waals surface area (Å²) in [7, 11) is 1.68. The SMILES string of the molecule is C#CCn1c(=O)[nH]c2ncn(C)c2c1=O. The molecule has 2 aromatic rings. The summed E-state index contributed by atoms with van der Waals surface area (Å²) in [5.74, 6) is 2.26. The number of aromatic nitrogens is 4. The van der Waals surface area contributed by atoms with Crippen LogP contribution in [-0.2, 0) is 13.6 Å². The Kier molecular flexibility index (Phi) is 1.94. The number of hydrogen-bond acceptors (Lipinski definition) is 3. The summed E-state index contributed by atoms with van der Waals surface area (Å²) in [4.78, 5) is 29.6. The van der Waals surface area contributed by atoms with E-state index in [2.05, 4.69) is 15.9 Å². The second kappa shape index (κ2) is 3.13. The van der Waals surface area contributed by atoms with E-state index in [9.17, 15) is 9.59 Å². The van der Waals surface area contributed by atoms with E-state index in [4.69, 9.17) is 6.42 Å². The fourth-order valence-corrected chi connectivity index (χ4v) is 1.40. The number of H-pyrrole nitrogens is 1. The summed E-state index contributed by atoms with van der Waals surface area (Å²) in [6.45, 7) is -0.0463. The van der Waals surface area contributed by atoms with Gasteiger partial charge in [-0.25, -0.2) is 14.3 Å². The topological polar surface area (TPSA) is 72.7 Å². The summed E-state index contributed by atoms with van der Waals surface area (Å²) in [5.41, 5.74) is -0.346. The molecule has 0 aliphatic heterocycles. The molecule has 6 heteroatoms. The maximum Gasteiger partial charge on any atom is 0.330 e. The van der Waals surface area contributed by atoms with Crippen LogP contribution in [0.15, 0.2) is 15.9 Å². The predicted molar refractivity (Wildman–Crippen MR) is 54.4 cm³/mol. The molecule has 0 atom stereocenters. The maximum atomic E-state index is 11.8. The Balaban J connectivity index is 2.96. The molecule has 76 valence electrons. The minimum atomic E-state index is -0.538. The van der Waals surface area contributed by atoms with Crippen molar-refractivity contribution in [3.63, 3.8) is 0 Å². The summed E-state index contributed by atoms with van der Waals surface area (Å²) >= 11 is 0. The molecule has 1 N–H and O–H groups in total. The van der Waals surface area contributed by atoms with Gasteiger partial charge in [-0.2, -0.15) is 0 Å². The first kappa shape index (κ1) is 9.27. The fraction of sp³-hybridized carbons (Fsp3) is 0.222. The molecule has 2 aromatic heterocycles. The summed E-state index contributed by atoms with van der Waals surface area (Å²) in [5, 5.41) is 0. The van der Waals surface area contributed by atoms with Gasteiger partial charge in [-0.3, -0.25) is 9.78 Å². The number of nitrogens with zero attached hydrogens (tertiary/aromatic N) is 3. The molecule has 0 unspecified atom stereocenters. The van der Waals surface area contributed by atoms with Gasteiger partial charge in [0, 0.05) is 7.05 Å². The van der Waals surface area contributed by atoms with Crippen LogP contribution in [0.4, 0.5) is 0 Å². The van der Waals surface area contributed by atoms with Crippen LogP contribution in [0.25, 0.3) is 11.2 Å². The molecular formula is C9H8N4O2. The maximum absolute atomic E-state index is 11.8. The Labute approximate surface area is 84.2 Å². The number of rotatable bonds is 1. The van der Waals surface area contributed by atoms with Crippen molar-refractivity contribution in [2.24, 2.45) is 7.05 Å². The lowest BCUT2D eigenvalue weighted by Gasteiger charge is -1.99. The van der Waals surface area contributed by atoms with Gasteiger partial charge in [0.1, 0.15) is 0 Å². The number of aromatic amines is 1. The van der Waals surface area contributed by atoms with E-state index in [1.807, 2.05) is 0 Å². The van der Waals surface area contributed by atoms with Crippen molar-refractivity contribution in [2.75, 3.05) is 0 Å². The van der Waals surface area contributed by atoms with Crippen molar-refractivity contribution in [1.82, 2.24) is 19.1 Å². The molecular weight excluding hydrogens is 196 g/mol. The average Bonchev–Trinajstić information content (AvgIpc) is 2.54. The normalized spacial score (nSPS) is 10.4. The second-order valence-electron chi connectivity index (χ2n) is 3.08. The highest BCUT2D eigenvalue weighted by Crippen LogP contribution is 1.99. The van der Waals surface area contributed by atoms with Gasteiger partial charge in [-0.1, -0.05) is 5.92 Å². The van der Waals surface area contributed by atoms with Gasteiger partial charge >= 0.3 is 5.69 Å². The number of imidazole rings is 1. The highest BCUT2D eigenvalue weighted by molar-refractivity contribution is 5.68. The fourth-order valence-electron chi connectivity index (χ4n) is 1.40. The molecule has 2 heterocycles. The number of nitrogens with one attached hydrogen (secondary N) is 1. The zero-order valence-electron chi connectivity index (χ0n) is 8.02. The summed E-state index contributed by atoms with van der Waals surface area (Å²) in [6, 6.07) is 0. The largest absolute Gasteiger partial charge is 0.330 e. The van der Waals surface area contributed by atoms with Crippen LogP contribution in [-0.4, -0.2) is 19.1 Å². The Hall–Kier alpha value is -2.29. The number of terminal acetylenes is 1. The van der Waals surface area contributed by atoms with Crippen molar-refractivity contribution in [2.45, 2.75) is 6.54 Å². The quantitative estimate of drug-likeness (QED) is 0.609. The zero-order valence-corrected chi connectivity index (χ0v) is 8.02. The Morgan fingerprint density at radius 3 is 3.00 bits per heavy atom. The van der Waals surface area contributed by atoms with Gasteiger partial charge in [-0.15, -0.1) is 6.42 Å². The highest BCUT2D eigenvalue weighted by Gasteiger charge is 2.10. The summed E-state index contributed by atoms with van der Waals surface area (Å²) < 4.78 is 2.50. The summed E-state index contributed by atoms with van der Waals surface area (Å²) in [6.07, 6.45) is 6.53. The number of fused-ring (bicyclic) bond motifs is 1. The molecule has 0 saturated heterocycles. The average molecular weight is 204 g/mol. The lowest BCUT2D eigenvalue weighted by Crippen LogP contribution is -2.35. The minimum Gasteiger partial charge on any atom is -0.328 e. The molecule has 15 heavy (non-hydrogen) atoms. The number of aryl methyl sites for hydroxylation is 1. The monoisotopic (exact) mass is 204 g/mol. The molecule has 0 aliphatic rings. The molecule has 0 bridgehead atoms. The minimum absolute atomic E-state index is 0.0463. The first-order valence-corrected chi connectivity index (χ1v) is 4.22. The Bertz CT molecular complexity index is 668. The molecule has 0 aromatic carbocycles. The number of hydrogen-bond donors (Lipinski definition) is 1. The van der Waals surface area contributed by atoms with Crippen molar-refractivity contribution in [1.29, 1.82) is 0 Å². The van der Waals surface area contributed by atoms with Gasteiger partial charge < -0.3 is 4.57 Å². The van der Waals surface area contributed by atoms with Gasteiger partial charge in [-0.05, 0) is 0 Å². The lowest BCUT2D eigenvalue weighted by molar-refractivity contribution is 0.734. The predicted octanol–water partition coefficient (Wildman–Crippen LogP) is -0.944. The lowest BCUT2D eigenvalue weighted by atomic mass is 10.5. The Morgan fingerprint density at radius 2 is 2.33 bits per heavy atom. The highest BCUT2D eigenvalue weighted by atomic mass is 16.2. The van der Waals surface area contributed by atoms with Crippen LogP contribution in [0.3, 0.4) is 0 Å². The van der Waals surface area contributed by atoms with Gasteiger partial charge in [0.25, 0.3) is 5.56 Å². The third-order valence-corrected chi connectivity index (χ3v) is 2.10. The van der Waals surface area contributed by atoms with E-state index in [0.29, 0.717) is 5.52 Å². The molecule has 0 fully saturated rings. The van der Waals surface area contributed by atoms with Crippen LogP contribution in [0.5, 0.6) is 0 Å². The standard InChI is InChI=1S/C9H8N4O2/c1-3-4-13-8(14)6-7(11-9(13)15)10-5-12(6)2/h1,5H,4H2,2H3,(H,11,15). The second-order valence-corrected chi connectivity index (χ2v) is 3.08. The molecule has 0 radical (unpaired) electrons. The van der Waals surface area contributed by atoms with E-state index in [-0.39, 0.29) is 12.2 Å². The van der Waals surface area contributed by atoms with Gasteiger partial charge in [0.2, 0.25) is 0 Å². The van der Waals surface area contributed by atoms with Crippen LogP contribution >= 0.6 is 0 Å². The van der Waals surface area contributed by atoms with Crippen molar-refractivity contribution in [3.05, 3.63) is 27.2 Å². The molecule has 6 nitrogen and oxygen atoms in total. The van der Waals surface area contributed by atoms with Crippen LogP contribution in [0.2, 0.25) is 0 Å². The van der Waals surface area contributed by atoms with E-state index in [1.165, 1.54) is 6.33 Å². The molecule has 0 amide bonds. The van der Waals surface area contributed by atoms with Crippen molar-refractivity contribution in [3.8, 4) is 12.3 Å². The third-order valence-electron chi connectivity index (χ3n) is 2.10.